The van der Waals surface area contributed by atoms with E-state index in [1.807, 2.05) is 49.4 Å². The van der Waals surface area contributed by atoms with Crippen molar-refractivity contribution in [3.05, 3.63) is 84.1 Å². The van der Waals surface area contributed by atoms with Crippen molar-refractivity contribution in [2.24, 2.45) is 0 Å². The summed E-state index contributed by atoms with van der Waals surface area (Å²) in [5, 5.41) is 1.04. The minimum absolute atomic E-state index is 0.628. The molecular weight excluding hydrogens is 308 g/mol. The van der Waals surface area contributed by atoms with Crippen LogP contribution in [0.3, 0.4) is 0 Å². The van der Waals surface area contributed by atoms with E-state index in [-0.39, 0.29) is 0 Å². The summed E-state index contributed by atoms with van der Waals surface area (Å²) in [6.07, 6.45) is 5.66. The summed E-state index contributed by atoms with van der Waals surface area (Å²) < 4.78 is 2.13. The maximum absolute atomic E-state index is 7.33. The van der Waals surface area contributed by atoms with Gasteiger partial charge in [-0.25, -0.2) is 4.85 Å². The molecule has 2 aromatic heterocycles. The molecule has 0 spiro atoms. The molecule has 0 aliphatic rings. The van der Waals surface area contributed by atoms with Gasteiger partial charge in [0.25, 0.3) is 0 Å². The molecule has 4 rings (SSSR count). The monoisotopic (exact) mass is 324 g/mol. The first-order valence-corrected chi connectivity index (χ1v) is 7.97. The number of hydrogen-bond donors (Lipinski definition) is 1. The molecule has 2 aromatic carbocycles. The van der Waals surface area contributed by atoms with E-state index in [1.165, 1.54) is 0 Å². The molecule has 0 atom stereocenters. The second-order valence-electron chi connectivity index (χ2n) is 5.95. The fourth-order valence-corrected chi connectivity index (χ4v) is 3.17. The van der Waals surface area contributed by atoms with Crippen LogP contribution in [0.4, 0.5) is 11.4 Å². The van der Waals surface area contributed by atoms with E-state index in [2.05, 4.69) is 26.7 Å². The summed E-state index contributed by atoms with van der Waals surface area (Å²) >= 11 is 0. The normalized spacial score (nSPS) is 10.7. The van der Waals surface area contributed by atoms with Gasteiger partial charge in [-0.05, 0) is 53.8 Å². The van der Waals surface area contributed by atoms with E-state index in [0.717, 1.165) is 39.0 Å². The van der Waals surface area contributed by atoms with E-state index in [1.54, 1.807) is 12.4 Å². The highest BCUT2D eigenvalue weighted by Crippen LogP contribution is 2.37. The third-order valence-corrected chi connectivity index (χ3v) is 4.52. The highest BCUT2D eigenvalue weighted by molar-refractivity contribution is 6.00. The number of benzene rings is 2. The van der Waals surface area contributed by atoms with E-state index in [4.69, 9.17) is 12.3 Å². The minimum Gasteiger partial charge on any atom is -0.398 e. The van der Waals surface area contributed by atoms with Crippen LogP contribution in [0.1, 0.15) is 5.56 Å². The van der Waals surface area contributed by atoms with Crippen LogP contribution in [-0.4, -0.2) is 9.55 Å². The van der Waals surface area contributed by atoms with E-state index in [9.17, 15) is 0 Å². The zero-order valence-corrected chi connectivity index (χ0v) is 13.8. The third-order valence-electron chi connectivity index (χ3n) is 4.52. The highest BCUT2D eigenvalue weighted by atomic mass is 15.0. The van der Waals surface area contributed by atoms with Gasteiger partial charge >= 0.3 is 0 Å². The number of nitrogens with two attached hydrogens (primary N) is 1. The minimum atomic E-state index is 0.628. The van der Waals surface area contributed by atoms with Gasteiger partial charge in [0.1, 0.15) is 0 Å². The van der Waals surface area contributed by atoms with Gasteiger partial charge in [-0.3, -0.25) is 4.98 Å². The molecule has 4 aromatic rings. The molecule has 0 saturated heterocycles. The number of nitrogen functional groups attached to an aromatic ring is 1. The molecule has 0 amide bonds. The van der Waals surface area contributed by atoms with Crippen molar-refractivity contribution >= 4 is 22.3 Å². The third kappa shape index (κ3) is 2.43. The van der Waals surface area contributed by atoms with E-state index < -0.39 is 0 Å². The van der Waals surface area contributed by atoms with Crippen LogP contribution < -0.4 is 5.73 Å². The predicted molar refractivity (Wildman–Crippen MR) is 102 cm³/mol. The zero-order valence-electron chi connectivity index (χ0n) is 13.8. The van der Waals surface area contributed by atoms with Gasteiger partial charge in [0, 0.05) is 35.5 Å². The zero-order chi connectivity index (χ0) is 17.4. The Morgan fingerprint density at radius 3 is 2.60 bits per heavy atom. The van der Waals surface area contributed by atoms with Crippen molar-refractivity contribution in [3.63, 3.8) is 0 Å². The smallest absolute Gasteiger partial charge is 0.188 e. The van der Waals surface area contributed by atoms with Gasteiger partial charge in [-0.2, -0.15) is 0 Å². The molecule has 120 valence electrons. The summed E-state index contributed by atoms with van der Waals surface area (Å²) in [5.74, 6) is 0. The summed E-state index contributed by atoms with van der Waals surface area (Å²) in [7, 11) is 0. The Morgan fingerprint density at radius 1 is 1.04 bits per heavy atom. The Labute approximate surface area is 146 Å². The van der Waals surface area contributed by atoms with Gasteiger partial charge in [-0.1, -0.05) is 18.2 Å². The Kier molecular flexibility index (Phi) is 3.48. The Bertz CT molecular complexity index is 1120. The van der Waals surface area contributed by atoms with Gasteiger partial charge in [0.05, 0.1) is 12.1 Å². The summed E-state index contributed by atoms with van der Waals surface area (Å²) in [4.78, 5) is 7.68. The lowest BCUT2D eigenvalue weighted by Gasteiger charge is -2.07. The Hall–Kier alpha value is -3.58. The molecule has 0 radical (unpaired) electrons. The fraction of sp³-hybridized carbons (Fsp3) is 0.0476. The lowest BCUT2D eigenvalue weighted by Crippen LogP contribution is -1.92. The maximum atomic E-state index is 7.33. The molecular formula is C21H16N4. The Morgan fingerprint density at radius 2 is 1.84 bits per heavy atom. The van der Waals surface area contributed by atoms with Crippen LogP contribution in [-0.2, 0) is 0 Å². The molecule has 0 fully saturated rings. The van der Waals surface area contributed by atoms with Crippen molar-refractivity contribution in [3.8, 4) is 16.8 Å². The molecule has 2 N–H and O–H groups in total. The summed E-state index contributed by atoms with van der Waals surface area (Å²) in [5.41, 5.74) is 12.8. The first kappa shape index (κ1) is 15.0. The van der Waals surface area contributed by atoms with Crippen LogP contribution in [0, 0.1) is 13.5 Å². The number of fused-ring (bicyclic) bond motifs is 1. The second-order valence-corrected chi connectivity index (χ2v) is 5.95. The fourth-order valence-electron chi connectivity index (χ4n) is 3.17. The van der Waals surface area contributed by atoms with Gasteiger partial charge in [0.2, 0.25) is 0 Å². The van der Waals surface area contributed by atoms with Crippen molar-refractivity contribution in [2.75, 3.05) is 5.73 Å². The quantitative estimate of drug-likeness (QED) is 0.410. The molecule has 2 heterocycles. The average Bonchev–Trinajstić information content (AvgIpc) is 3.03. The van der Waals surface area contributed by atoms with Gasteiger partial charge in [0.15, 0.2) is 5.69 Å². The van der Waals surface area contributed by atoms with Crippen LogP contribution >= 0.6 is 0 Å². The van der Waals surface area contributed by atoms with Gasteiger partial charge in [-0.15, -0.1) is 0 Å². The lowest BCUT2D eigenvalue weighted by atomic mass is 9.99. The van der Waals surface area contributed by atoms with E-state index in [0.29, 0.717) is 5.69 Å². The molecule has 0 aliphatic heterocycles. The maximum Gasteiger partial charge on any atom is 0.188 e. The number of rotatable bonds is 2. The SMILES string of the molecule is [C-]#[N+]c1ccc2c(c1)c(-c1cccc(N)c1C)cn2-c1ccncc1. The topological polar surface area (TPSA) is 48.2 Å². The first-order chi connectivity index (χ1) is 12.2. The van der Waals surface area contributed by atoms with Crippen molar-refractivity contribution in [1.29, 1.82) is 0 Å². The van der Waals surface area contributed by atoms with Crippen molar-refractivity contribution in [1.82, 2.24) is 9.55 Å². The molecule has 0 unspecified atom stereocenters. The number of nitrogens with zero attached hydrogens (tertiary/aromatic N) is 3. The summed E-state index contributed by atoms with van der Waals surface area (Å²) in [6, 6.07) is 15.7. The predicted octanol–water partition coefficient (Wildman–Crippen LogP) is 5.13. The Balaban J connectivity index is 2.07. The molecule has 25 heavy (non-hydrogen) atoms. The highest BCUT2D eigenvalue weighted by Gasteiger charge is 2.14. The standard InChI is InChI=1S/C21H16N4/c1-14-17(4-3-5-20(14)22)19-13-25(16-8-10-24-11-9-16)21-7-6-15(23-2)12-18(19)21/h3-13H,22H2,1H3. The van der Waals surface area contributed by atoms with Crippen LogP contribution in [0.2, 0.25) is 0 Å². The van der Waals surface area contributed by atoms with Crippen LogP contribution in [0.5, 0.6) is 0 Å². The van der Waals surface area contributed by atoms with Gasteiger partial charge < -0.3 is 10.3 Å². The number of pyridine rings is 1. The van der Waals surface area contributed by atoms with Crippen LogP contribution in [0.15, 0.2) is 67.1 Å². The number of hydrogen-bond acceptors (Lipinski definition) is 2. The average molecular weight is 324 g/mol. The molecule has 4 heteroatoms. The van der Waals surface area contributed by atoms with Crippen molar-refractivity contribution < 1.29 is 0 Å². The molecule has 4 nitrogen and oxygen atoms in total. The molecule has 0 aliphatic carbocycles. The largest absolute Gasteiger partial charge is 0.398 e. The first-order valence-electron chi connectivity index (χ1n) is 7.97. The molecule has 0 saturated carbocycles. The van der Waals surface area contributed by atoms with Crippen molar-refractivity contribution in [2.45, 2.75) is 6.92 Å². The second kappa shape index (κ2) is 5.81. The number of aromatic nitrogens is 2. The summed E-state index contributed by atoms with van der Waals surface area (Å²) in [6.45, 7) is 9.36. The number of anilines is 1. The van der Waals surface area contributed by atoms with E-state index >= 15 is 0 Å². The molecule has 0 bridgehead atoms. The van der Waals surface area contributed by atoms with Crippen LogP contribution in [0.25, 0.3) is 32.6 Å². The lowest BCUT2D eigenvalue weighted by molar-refractivity contribution is 1.11.